The molecule has 5 nitrogen and oxygen atoms in total. The number of nitrogens with zero attached hydrogens (tertiary/aromatic N) is 4. The minimum Gasteiger partial charge on any atom is -0.328 e. The van der Waals surface area contributed by atoms with Gasteiger partial charge in [-0.05, 0) is 56.7 Å². The van der Waals surface area contributed by atoms with Crippen LogP contribution in [0.25, 0.3) is 11.5 Å². The largest absolute Gasteiger partial charge is 0.328 e. The number of carbonyl (C=O) groups excluding carboxylic acids is 1. The van der Waals surface area contributed by atoms with Gasteiger partial charge in [-0.25, -0.2) is 4.68 Å². The first kappa shape index (κ1) is 18.4. The Morgan fingerprint density at radius 3 is 2.40 bits per heavy atom. The maximum absolute atomic E-state index is 13.1. The second kappa shape index (κ2) is 7.02. The van der Waals surface area contributed by atoms with Crippen LogP contribution >= 0.6 is 0 Å². The summed E-state index contributed by atoms with van der Waals surface area (Å²) in [5.74, 6) is 1.05. The molecule has 4 aromatic rings. The molecule has 5 rings (SSSR count). The van der Waals surface area contributed by atoms with Crippen molar-refractivity contribution in [1.29, 1.82) is 0 Å². The minimum atomic E-state index is 0.0493. The summed E-state index contributed by atoms with van der Waals surface area (Å²) in [4.78, 5) is 15.0. The molecule has 5 heteroatoms. The zero-order chi connectivity index (χ0) is 20.8. The number of aryl methyl sites for hydroxylation is 3. The third-order valence-electron chi connectivity index (χ3n) is 5.71. The van der Waals surface area contributed by atoms with Gasteiger partial charge in [-0.15, -0.1) is 0 Å². The number of aromatic nitrogens is 3. The monoisotopic (exact) mass is 396 g/mol. The van der Waals surface area contributed by atoms with Crippen LogP contribution in [0.2, 0.25) is 0 Å². The summed E-state index contributed by atoms with van der Waals surface area (Å²) in [6.45, 7) is 7.30. The first-order valence-corrected chi connectivity index (χ1v) is 10.2. The van der Waals surface area contributed by atoms with Gasteiger partial charge in [-0.3, -0.25) is 4.79 Å². The van der Waals surface area contributed by atoms with E-state index in [-0.39, 0.29) is 5.91 Å². The molecule has 2 aromatic heterocycles. The zero-order valence-corrected chi connectivity index (χ0v) is 17.5. The van der Waals surface area contributed by atoms with E-state index in [0.29, 0.717) is 13.1 Å². The lowest BCUT2D eigenvalue weighted by atomic mass is 10.1. The SMILES string of the molecule is Cc1cccc(C(=O)N2Cc3nn(-c4ccc(C)cc4C)c(-n4cccc4)c3C2)c1. The van der Waals surface area contributed by atoms with Crippen molar-refractivity contribution >= 4 is 5.91 Å². The molecule has 1 aliphatic rings. The van der Waals surface area contributed by atoms with Crippen molar-refractivity contribution in [3.05, 3.63) is 101 Å². The van der Waals surface area contributed by atoms with E-state index in [1.165, 1.54) is 11.1 Å². The molecule has 1 amide bonds. The van der Waals surface area contributed by atoms with E-state index in [4.69, 9.17) is 5.10 Å². The van der Waals surface area contributed by atoms with E-state index in [2.05, 4.69) is 36.6 Å². The van der Waals surface area contributed by atoms with Gasteiger partial charge in [0.2, 0.25) is 0 Å². The molecule has 0 radical (unpaired) electrons. The Bertz CT molecular complexity index is 1250. The van der Waals surface area contributed by atoms with Crippen molar-refractivity contribution in [1.82, 2.24) is 19.2 Å². The van der Waals surface area contributed by atoms with Gasteiger partial charge in [-0.2, -0.15) is 5.10 Å². The Morgan fingerprint density at radius 2 is 1.67 bits per heavy atom. The number of carbonyl (C=O) groups is 1. The minimum absolute atomic E-state index is 0.0493. The molecule has 0 unspecified atom stereocenters. The van der Waals surface area contributed by atoms with Crippen LogP contribution in [0.5, 0.6) is 0 Å². The molecule has 0 spiro atoms. The number of rotatable bonds is 3. The predicted molar refractivity (Wildman–Crippen MR) is 117 cm³/mol. The summed E-state index contributed by atoms with van der Waals surface area (Å²) in [7, 11) is 0. The quantitative estimate of drug-likeness (QED) is 0.502. The lowest BCUT2D eigenvalue weighted by Crippen LogP contribution is -2.26. The van der Waals surface area contributed by atoms with Gasteiger partial charge < -0.3 is 9.47 Å². The standard InChI is InChI=1S/C25H24N4O/c1-17-7-6-8-20(14-17)25(30)28-15-21-22(16-28)26-29(24(21)27-11-4-5-12-27)23-10-9-18(2)13-19(23)3/h4-14H,15-16H2,1-3H3. The Labute approximate surface area is 176 Å². The third kappa shape index (κ3) is 3.03. The van der Waals surface area contributed by atoms with Gasteiger partial charge in [0.05, 0.1) is 24.5 Å². The molecule has 0 saturated carbocycles. The zero-order valence-electron chi connectivity index (χ0n) is 17.5. The molecule has 30 heavy (non-hydrogen) atoms. The molecule has 2 aromatic carbocycles. The summed E-state index contributed by atoms with van der Waals surface area (Å²) in [6, 6.07) is 18.2. The molecule has 1 aliphatic heterocycles. The Morgan fingerprint density at radius 1 is 0.900 bits per heavy atom. The van der Waals surface area contributed by atoms with E-state index in [1.54, 1.807) is 0 Å². The molecule has 3 heterocycles. The molecule has 0 saturated heterocycles. The fourth-order valence-electron chi connectivity index (χ4n) is 4.26. The molecular weight excluding hydrogens is 372 g/mol. The van der Waals surface area contributed by atoms with Gasteiger partial charge in [0.1, 0.15) is 5.82 Å². The number of hydrogen-bond acceptors (Lipinski definition) is 2. The third-order valence-corrected chi connectivity index (χ3v) is 5.71. The van der Waals surface area contributed by atoms with Crippen molar-refractivity contribution < 1.29 is 4.79 Å². The van der Waals surface area contributed by atoms with E-state index < -0.39 is 0 Å². The second-order valence-electron chi connectivity index (χ2n) is 8.07. The molecule has 0 N–H and O–H groups in total. The van der Waals surface area contributed by atoms with Crippen molar-refractivity contribution in [3.63, 3.8) is 0 Å². The highest BCUT2D eigenvalue weighted by Gasteiger charge is 2.32. The van der Waals surface area contributed by atoms with Gasteiger partial charge in [-0.1, -0.05) is 35.4 Å². The molecule has 0 atom stereocenters. The molecule has 150 valence electrons. The highest BCUT2D eigenvalue weighted by atomic mass is 16.2. The molecule has 0 bridgehead atoms. The van der Waals surface area contributed by atoms with Crippen LogP contribution in [0.3, 0.4) is 0 Å². The van der Waals surface area contributed by atoms with Crippen molar-refractivity contribution in [3.8, 4) is 11.5 Å². The van der Waals surface area contributed by atoms with Crippen LogP contribution in [0.4, 0.5) is 0 Å². The van der Waals surface area contributed by atoms with Crippen molar-refractivity contribution in [2.45, 2.75) is 33.9 Å². The summed E-state index contributed by atoms with van der Waals surface area (Å²) in [6.07, 6.45) is 4.06. The fourth-order valence-corrected chi connectivity index (χ4v) is 4.26. The topological polar surface area (TPSA) is 43.1 Å². The predicted octanol–water partition coefficient (Wildman–Crippen LogP) is 4.74. The molecule has 0 aliphatic carbocycles. The molecule has 0 fully saturated rings. The Kier molecular flexibility index (Phi) is 4.31. The summed E-state index contributed by atoms with van der Waals surface area (Å²) in [5.41, 5.74) is 7.35. The van der Waals surface area contributed by atoms with Crippen LogP contribution in [0, 0.1) is 20.8 Å². The maximum Gasteiger partial charge on any atom is 0.254 e. The summed E-state index contributed by atoms with van der Waals surface area (Å²) in [5, 5.41) is 4.95. The van der Waals surface area contributed by atoms with Gasteiger partial charge in [0, 0.05) is 23.5 Å². The van der Waals surface area contributed by atoms with Gasteiger partial charge >= 0.3 is 0 Å². The van der Waals surface area contributed by atoms with Crippen molar-refractivity contribution in [2.24, 2.45) is 0 Å². The van der Waals surface area contributed by atoms with Crippen LogP contribution in [0.15, 0.2) is 67.0 Å². The normalized spacial score (nSPS) is 13.0. The number of fused-ring (bicyclic) bond motifs is 1. The highest BCUT2D eigenvalue weighted by molar-refractivity contribution is 5.94. The average Bonchev–Trinajstić information content (AvgIpc) is 3.43. The smallest absolute Gasteiger partial charge is 0.254 e. The lowest BCUT2D eigenvalue weighted by molar-refractivity contribution is 0.0749. The van der Waals surface area contributed by atoms with E-state index in [0.717, 1.165) is 33.9 Å². The number of amides is 1. The van der Waals surface area contributed by atoms with Crippen molar-refractivity contribution in [2.75, 3.05) is 0 Å². The van der Waals surface area contributed by atoms with Gasteiger partial charge in [0.15, 0.2) is 0 Å². The Hall–Kier alpha value is -3.60. The second-order valence-corrected chi connectivity index (χ2v) is 8.07. The van der Waals surface area contributed by atoms with Crippen LogP contribution in [-0.4, -0.2) is 25.2 Å². The highest BCUT2D eigenvalue weighted by Crippen LogP contribution is 2.32. The Balaban J connectivity index is 1.57. The summed E-state index contributed by atoms with van der Waals surface area (Å²) >= 11 is 0. The van der Waals surface area contributed by atoms with Crippen LogP contribution < -0.4 is 0 Å². The lowest BCUT2D eigenvalue weighted by Gasteiger charge is -2.18. The first-order valence-electron chi connectivity index (χ1n) is 10.2. The molecular formula is C25H24N4O. The average molecular weight is 396 g/mol. The first-order chi connectivity index (χ1) is 14.5. The fraction of sp³-hybridized carbons (Fsp3) is 0.200. The van der Waals surface area contributed by atoms with Crippen LogP contribution in [0.1, 0.15) is 38.3 Å². The van der Waals surface area contributed by atoms with E-state index >= 15 is 0 Å². The maximum atomic E-state index is 13.1. The van der Waals surface area contributed by atoms with Crippen LogP contribution in [-0.2, 0) is 13.1 Å². The van der Waals surface area contributed by atoms with Gasteiger partial charge in [0.25, 0.3) is 5.91 Å². The van der Waals surface area contributed by atoms with E-state index in [9.17, 15) is 4.79 Å². The summed E-state index contributed by atoms with van der Waals surface area (Å²) < 4.78 is 4.11. The number of benzene rings is 2. The number of hydrogen-bond donors (Lipinski definition) is 0. The van der Waals surface area contributed by atoms with E-state index in [1.807, 2.05) is 65.3 Å².